The molecule has 0 unspecified atom stereocenters. The van der Waals surface area contributed by atoms with Gasteiger partial charge in [0, 0.05) is 7.11 Å². The van der Waals surface area contributed by atoms with Crippen LogP contribution in [0.2, 0.25) is 0 Å². The predicted octanol–water partition coefficient (Wildman–Crippen LogP) is 3.38. The third-order valence-electron chi connectivity index (χ3n) is 5.98. The Morgan fingerprint density at radius 1 is 0.744 bits per heavy atom. The van der Waals surface area contributed by atoms with E-state index in [9.17, 15) is 21.6 Å². The highest BCUT2D eigenvalue weighted by molar-refractivity contribution is 7.87. The van der Waals surface area contributed by atoms with Crippen molar-refractivity contribution >= 4 is 26.2 Å². The van der Waals surface area contributed by atoms with Crippen molar-refractivity contribution in [3.05, 3.63) is 95.6 Å². The van der Waals surface area contributed by atoms with Crippen LogP contribution in [0.3, 0.4) is 0 Å². The van der Waals surface area contributed by atoms with Gasteiger partial charge in [-0.1, -0.05) is 53.6 Å². The molecule has 1 fully saturated rings. The zero-order chi connectivity index (χ0) is 28.2. The van der Waals surface area contributed by atoms with Gasteiger partial charge in [0.05, 0.1) is 22.0 Å². The minimum absolute atomic E-state index is 0.175. The lowest BCUT2D eigenvalue weighted by atomic mass is 10.1. The first-order valence-corrected chi connectivity index (χ1v) is 14.7. The Balaban J connectivity index is 1.71. The molecule has 208 valence electrons. The molecule has 1 aliphatic rings. The van der Waals surface area contributed by atoms with E-state index in [2.05, 4.69) is 0 Å². The van der Waals surface area contributed by atoms with Crippen molar-refractivity contribution in [2.45, 2.75) is 48.2 Å². The lowest BCUT2D eigenvalue weighted by Gasteiger charge is -2.39. The molecule has 1 saturated heterocycles. The van der Waals surface area contributed by atoms with Gasteiger partial charge >= 0.3 is 5.97 Å². The van der Waals surface area contributed by atoms with Gasteiger partial charge in [-0.05, 0) is 50.2 Å². The van der Waals surface area contributed by atoms with Crippen LogP contribution < -0.4 is 0 Å². The van der Waals surface area contributed by atoms with Crippen LogP contribution in [-0.2, 0) is 42.8 Å². The van der Waals surface area contributed by atoms with Crippen LogP contribution >= 0.6 is 0 Å². The van der Waals surface area contributed by atoms with Gasteiger partial charge in [0.1, 0.15) is 6.10 Å². The summed E-state index contributed by atoms with van der Waals surface area (Å²) < 4.78 is 80.4. The number of ether oxygens (including phenoxy) is 3. The van der Waals surface area contributed by atoms with Gasteiger partial charge in [0.2, 0.25) is 0 Å². The summed E-state index contributed by atoms with van der Waals surface area (Å²) in [5, 5.41) is 0. The molecule has 1 aliphatic heterocycles. The Hall–Kier alpha value is -3.13. The van der Waals surface area contributed by atoms with Crippen LogP contribution in [0.5, 0.6) is 0 Å². The van der Waals surface area contributed by atoms with Crippen LogP contribution in [0, 0.1) is 13.8 Å². The zero-order valence-corrected chi connectivity index (χ0v) is 23.1. The molecular weight excluding hydrogens is 548 g/mol. The molecule has 0 N–H and O–H groups in total. The molecular formula is C27H28O10S2. The van der Waals surface area contributed by atoms with Crippen LogP contribution in [0.4, 0.5) is 0 Å². The normalized spacial score (nSPS) is 21.8. The molecule has 39 heavy (non-hydrogen) atoms. The number of esters is 1. The molecule has 0 bridgehead atoms. The number of rotatable bonds is 9. The second-order valence-electron chi connectivity index (χ2n) is 8.90. The molecule has 3 aromatic carbocycles. The third-order valence-corrected chi connectivity index (χ3v) is 8.63. The Morgan fingerprint density at radius 2 is 1.23 bits per heavy atom. The quantitative estimate of drug-likeness (QED) is 0.276. The van der Waals surface area contributed by atoms with Crippen molar-refractivity contribution < 1.29 is 44.2 Å². The highest BCUT2D eigenvalue weighted by Crippen LogP contribution is 2.31. The van der Waals surface area contributed by atoms with Crippen LogP contribution in [0.1, 0.15) is 21.5 Å². The van der Waals surface area contributed by atoms with E-state index in [1.807, 2.05) is 0 Å². The molecule has 0 radical (unpaired) electrons. The second-order valence-corrected chi connectivity index (χ2v) is 12.0. The van der Waals surface area contributed by atoms with E-state index < -0.39 is 50.8 Å². The highest BCUT2D eigenvalue weighted by Gasteiger charge is 2.49. The smallest absolute Gasteiger partial charge is 0.338 e. The molecule has 0 amide bonds. The summed E-state index contributed by atoms with van der Waals surface area (Å²) >= 11 is 0. The molecule has 0 spiro atoms. The molecule has 10 nitrogen and oxygen atoms in total. The standard InChI is InChI=1S/C27H28O10S2/c1-18-9-13-21(14-10-18)38(29,30)36-24-23(35-26(28)20-7-5-4-6-8-20)17-34-27(33-3)25(24)37-39(31,32)22-15-11-19(2)12-16-22/h4-16,23-25,27H,17H2,1-3H3/t23-,24+,25-,27+/m1/s1. The van der Waals surface area contributed by atoms with Gasteiger partial charge in [-0.15, -0.1) is 0 Å². The van der Waals surface area contributed by atoms with E-state index in [1.54, 1.807) is 56.3 Å². The number of carbonyl (C=O) groups is 1. The fraction of sp³-hybridized carbons (Fsp3) is 0.296. The fourth-order valence-corrected chi connectivity index (χ4v) is 6.04. The number of methoxy groups -OCH3 is 1. The molecule has 1 heterocycles. The molecule has 0 aromatic heterocycles. The number of carbonyl (C=O) groups excluding carboxylic acids is 1. The van der Waals surface area contributed by atoms with E-state index in [-0.39, 0.29) is 22.0 Å². The van der Waals surface area contributed by atoms with Gasteiger partial charge in [0.25, 0.3) is 20.2 Å². The van der Waals surface area contributed by atoms with Gasteiger partial charge in [-0.2, -0.15) is 16.8 Å². The van der Waals surface area contributed by atoms with E-state index in [0.29, 0.717) is 0 Å². The van der Waals surface area contributed by atoms with Crippen molar-refractivity contribution in [2.24, 2.45) is 0 Å². The maximum atomic E-state index is 13.3. The number of benzene rings is 3. The summed E-state index contributed by atoms with van der Waals surface area (Å²) in [5.74, 6) is -0.790. The third kappa shape index (κ3) is 6.90. The summed E-state index contributed by atoms with van der Waals surface area (Å²) in [4.78, 5) is 12.5. The fourth-order valence-electron chi connectivity index (χ4n) is 3.86. The van der Waals surface area contributed by atoms with Crippen LogP contribution in [0.15, 0.2) is 88.7 Å². The topological polar surface area (TPSA) is 132 Å². The van der Waals surface area contributed by atoms with Gasteiger partial charge in [-0.25, -0.2) is 4.79 Å². The molecule has 3 aromatic rings. The van der Waals surface area contributed by atoms with Crippen LogP contribution in [-0.4, -0.2) is 61.1 Å². The highest BCUT2D eigenvalue weighted by atomic mass is 32.2. The SMILES string of the molecule is CO[C@H]1OC[C@@H](OC(=O)c2ccccc2)[C@H](OS(=O)(=O)c2ccc(C)cc2)[C@H]1OS(=O)(=O)c1ccc(C)cc1. The Bertz CT molecular complexity index is 1490. The maximum Gasteiger partial charge on any atom is 0.338 e. The number of hydrogen-bond donors (Lipinski definition) is 0. The largest absolute Gasteiger partial charge is 0.453 e. The molecule has 0 saturated carbocycles. The van der Waals surface area contributed by atoms with Gasteiger partial charge in [-0.3, -0.25) is 8.37 Å². The average Bonchev–Trinajstić information content (AvgIpc) is 2.91. The minimum Gasteiger partial charge on any atom is -0.453 e. The lowest BCUT2D eigenvalue weighted by Crippen LogP contribution is -2.58. The number of hydrogen-bond acceptors (Lipinski definition) is 10. The molecule has 4 atom stereocenters. The van der Waals surface area contributed by atoms with E-state index in [1.165, 1.54) is 43.5 Å². The van der Waals surface area contributed by atoms with Crippen molar-refractivity contribution in [1.82, 2.24) is 0 Å². The van der Waals surface area contributed by atoms with Crippen LogP contribution in [0.25, 0.3) is 0 Å². The number of aryl methyl sites for hydroxylation is 2. The minimum atomic E-state index is -4.48. The first-order chi connectivity index (χ1) is 18.5. The molecule has 0 aliphatic carbocycles. The zero-order valence-electron chi connectivity index (χ0n) is 21.4. The van der Waals surface area contributed by atoms with E-state index >= 15 is 0 Å². The monoisotopic (exact) mass is 576 g/mol. The Labute approximate surface area is 227 Å². The summed E-state index contributed by atoms with van der Waals surface area (Å²) in [7, 11) is -7.70. The lowest BCUT2D eigenvalue weighted by molar-refractivity contribution is -0.248. The second kappa shape index (κ2) is 11.9. The summed E-state index contributed by atoms with van der Waals surface area (Å²) in [6.07, 6.45) is -6.05. The van der Waals surface area contributed by atoms with Crippen molar-refractivity contribution in [3.8, 4) is 0 Å². The molecule has 4 rings (SSSR count). The van der Waals surface area contributed by atoms with E-state index in [0.717, 1.165) is 11.1 Å². The summed E-state index contributed by atoms with van der Waals surface area (Å²) in [5.41, 5.74) is 1.83. The van der Waals surface area contributed by atoms with Crippen molar-refractivity contribution in [1.29, 1.82) is 0 Å². The Morgan fingerprint density at radius 3 is 1.72 bits per heavy atom. The summed E-state index contributed by atoms with van der Waals surface area (Å²) in [6, 6.07) is 19.7. The van der Waals surface area contributed by atoms with E-state index in [4.69, 9.17) is 22.6 Å². The first kappa shape index (κ1) is 28.9. The predicted molar refractivity (Wildman–Crippen MR) is 139 cm³/mol. The Kier molecular flexibility index (Phi) is 8.84. The van der Waals surface area contributed by atoms with Crippen molar-refractivity contribution in [3.63, 3.8) is 0 Å². The summed E-state index contributed by atoms with van der Waals surface area (Å²) in [6.45, 7) is 3.23. The van der Waals surface area contributed by atoms with Crippen molar-refractivity contribution in [2.75, 3.05) is 13.7 Å². The van der Waals surface area contributed by atoms with Gasteiger partial charge in [0.15, 0.2) is 18.5 Å². The average molecular weight is 577 g/mol. The van der Waals surface area contributed by atoms with Gasteiger partial charge < -0.3 is 14.2 Å². The maximum absolute atomic E-state index is 13.3. The first-order valence-electron chi connectivity index (χ1n) is 11.9. The molecule has 12 heteroatoms.